The summed E-state index contributed by atoms with van der Waals surface area (Å²) in [6, 6.07) is 5.98. The Labute approximate surface area is 122 Å². The fraction of sp³-hybridized carbons (Fsp3) is 0.500. The number of amides is 1. The quantitative estimate of drug-likeness (QED) is 0.896. The normalized spacial score (nSPS) is 19.8. The van der Waals surface area contributed by atoms with Crippen molar-refractivity contribution >= 4 is 21.8 Å². The second-order valence-corrected chi connectivity index (χ2v) is 5.64. The average Bonchev–Trinajstić information content (AvgIpc) is 2.59. The van der Waals surface area contributed by atoms with E-state index >= 15 is 0 Å². The zero-order valence-corrected chi connectivity index (χ0v) is 12.8. The van der Waals surface area contributed by atoms with E-state index in [0.29, 0.717) is 0 Å². The Bertz CT molecular complexity index is 465. The van der Waals surface area contributed by atoms with Crippen LogP contribution in [0.2, 0.25) is 0 Å². The third-order valence-corrected chi connectivity index (χ3v) is 3.83. The molecule has 1 aromatic rings. The number of carbonyl (C=O) groups is 1. The van der Waals surface area contributed by atoms with E-state index in [-0.39, 0.29) is 18.0 Å². The maximum Gasteiger partial charge on any atom is 0.236 e. The van der Waals surface area contributed by atoms with Crippen molar-refractivity contribution in [1.82, 2.24) is 10.6 Å². The Morgan fingerprint density at radius 3 is 3.05 bits per heavy atom. The standard InChI is InChI=1S/C14H19BrN2O2/c1-9(14(18)16-2)17-12-4-3-7-19-13-8-10(15)5-6-11(12)13/h5-6,8-9,12,17H,3-4,7H2,1-2H3,(H,16,18). The molecule has 104 valence electrons. The van der Waals surface area contributed by atoms with Crippen LogP contribution >= 0.6 is 15.9 Å². The number of hydrogen-bond donors (Lipinski definition) is 2. The highest BCUT2D eigenvalue weighted by Crippen LogP contribution is 2.33. The second kappa shape index (κ2) is 6.39. The smallest absolute Gasteiger partial charge is 0.236 e. The van der Waals surface area contributed by atoms with Gasteiger partial charge in [0.15, 0.2) is 0 Å². The van der Waals surface area contributed by atoms with Crippen molar-refractivity contribution in [3.63, 3.8) is 0 Å². The Kier molecular flexibility index (Phi) is 4.82. The lowest BCUT2D eigenvalue weighted by Crippen LogP contribution is -2.42. The minimum absolute atomic E-state index is 0.00354. The molecule has 1 amide bonds. The summed E-state index contributed by atoms with van der Waals surface area (Å²) < 4.78 is 6.76. The number of fused-ring (bicyclic) bond motifs is 1. The Morgan fingerprint density at radius 1 is 1.53 bits per heavy atom. The van der Waals surface area contributed by atoms with E-state index < -0.39 is 0 Å². The van der Waals surface area contributed by atoms with Crippen LogP contribution in [0.1, 0.15) is 31.4 Å². The van der Waals surface area contributed by atoms with Gasteiger partial charge >= 0.3 is 0 Å². The van der Waals surface area contributed by atoms with Crippen molar-refractivity contribution in [1.29, 1.82) is 0 Å². The van der Waals surface area contributed by atoms with E-state index in [1.807, 2.05) is 19.1 Å². The average molecular weight is 327 g/mol. The van der Waals surface area contributed by atoms with Gasteiger partial charge in [0.2, 0.25) is 5.91 Å². The number of benzene rings is 1. The fourth-order valence-corrected chi connectivity index (χ4v) is 2.65. The molecule has 4 nitrogen and oxygen atoms in total. The van der Waals surface area contributed by atoms with Crippen molar-refractivity contribution in [2.24, 2.45) is 0 Å². The number of halogens is 1. The lowest BCUT2D eigenvalue weighted by atomic mass is 10.0. The van der Waals surface area contributed by atoms with Crippen LogP contribution in [-0.2, 0) is 4.79 Å². The van der Waals surface area contributed by atoms with E-state index in [0.717, 1.165) is 35.2 Å². The first-order valence-corrected chi connectivity index (χ1v) is 7.31. The largest absolute Gasteiger partial charge is 0.493 e. The molecule has 2 rings (SSSR count). The molecule has 1 aliphatic rings. The number of likely N-dealkylation sites (N-methyl/N-ethyl adjacent to an activating group) is 1. The third-order valence-electron chi connectivity index (χ3n) is 3.34. The van der Waals surface area contributed by atoms with Crippen LogP contribution < -0.4 is 15.4 Å². The maximum absolute atomic E-state index is 11.6. The molecule has 0 radical (unpaired) electrons. The summed E-state index contributed by atoms with van der Waals surface area (Å²) in [6.07, 6.45) is 1.94. The van der Waals surface area contributed by atoms with Crippen LogP contribution in [0.5, 0.6) is 5.75 Å². The van der Waals surface area contributed by atoms with Crippen LogP contribution in [0, 0.1) is 0 Å². The van der Waals surface area contributed by atoms with Crippen molar-refractivity contribution in [2.45, 2.75) is 31.8 Å². The van der Waals surface area contributed by atoms with Crippen molar-refractivity contribution < 1.29 is 9.53 Å². The molecule has 0 saturated carbocycles. The zero-order valence-electron chi connectivity index (χ0n) is 11.2. The van der Waals surface area contributed by atoms with Crippen LogP contribution in [0.25, 0.3) is 0 Å². The molecule has 0 saturated heterocycles. The van der Waals surface area contributed by atoms with Crippen LogP contribution in [0.3, 0.4) is 0 Å². The molecule has 1 aliphatic heterocycles. The van der Waals surface area contributed by atoms with E-state index in [1.165, 1.54) is 0 Å². The molecular formula is C14H19BrN2O2. The number of carbonyl (C=O) groups excluding carboxylic acids is 1. The van der Waals surface area contributed by atoms with Gasteiger partial charge in [-0.05, 0) is 31.9 Å². The number of ether oxygens (including phenoxy) is 1. The Balaban J connectivity index is 2.20. The SMILES string of the molecule is CNC(=O)C(C)NC1CCCOc2cc(Br)ccc21. The molecule has 2 atom stereocenters. The van der Waals surface area contributed by atoms with Gasteiger partial charge in [0.05, 0.1) is 12.6 Å². The maximum atomic E-state index is 11.6. The summed E-state index contributed by atoms with van der Waals surface area (Å²) in [7, 11) is 1.65. The van der Waals surface area contributed by atoms with Crippen LogP contribution in [0.4, 0.5) is 0 Å². The van der Waals surface area contributed by atoms with Gasteiger partial charge < -0.3 is 10.1 Å². The molecule has 19 heavy (non-hydrogen) atoms. The minimum Gasteiger partial charge on any atom is -0.493 e. The highest BCUT2D eigenvalue weighted by molar-refractivity contribution is 9.10. The van der Waals surface area contributed by atoms with Gasteiger partial charge in [-0.3, -0.25) is 10.1 Å². The van der Waals surface area contributed by atoms with Gasteiger partial charge in [-0.15, -0.1) is 0 Å². The van der Waals surface area contributed by atoms with Crippen molar-refractivity contribution in [3.8, 4) is 5.75 Å². The first-order valence-electron chi connectivity index (χ1n) is 6.51. The highest BCUT2D eigenvalue weighted by Gasteiger charge is 2.23. The predicted octanol–water partition coefficient (Wildman–Crippen LogP) is 2.39. The molecule has 0 aromatic heterocycles. The molecule has 2 unspecified atom stereocenters. The Hall–Kier alpha value is -1.07. The highest BCUT2D eigenvalue weighted by atomic mass is 79.9. The molecule has 0 fully saturated rings. The molecule has 2 N–H and O–H groups in total. The Morgan fingerprint density at radius 2 is 2.32 bits per heavy atom. The summed E-state index contributed by atoms with van der Waals surface area (Å²) in [5, 5.41) is 6.04. The van der Waals surface area contributed by atoms with E-state index in [4.69, 9.17) is 4.74 Å². The van der Waals surface area contributed by atoms with Gasteiger partial charge in [0.25, 0.3) is 0 Å². The van der Waals surface area contributed by atoms with Gasteiger partial charge in [0, 0.05) is 23.1 Å². The molecule has 0 bridgehead atoms. The topological polar surface area (TPSA) is 50.4 Å². The lowest BCUT2D eigenvalue weighted by molar-refractivity contribution is -0.122. The van der Waals surface area contributed by atoms with Gasteiger partial charge in [-0.25, -0.2) is 0 Å². The van der Waals surface area contributed by atoms with E-state index in [2.05, 4.69) is 32.6 Å². The van der Waals surface area contributed by atoms with Crippen molar-refractivity contribution in [3.05, 3.63) is 28.2 Å². The van der Waals surface area contributed by atoms with Gasteiger partial charge in [0.1, 0.15) is 5.75 Å². The third kappa shape index (κ3) is 3.48. The first-order chi connectivity index (χ1) is 9.11. The molecule has 0 aliphatic carbocycles. The van der Waals surface area contributed by atoms with Crippen LogP contribution in [-0.4, -0.2) is 25.6 Å². The number of hydrogen-bond acceptors (Lipinski definition) is 3. The van der Waals surface area contributed by atoms with E-state index in [1.54, 1.807) is 7.05 Å². The minimum atomic E-state index is -0.218. The summed E-state index contributed by atoms with van der Waals surface area (Å²) in [6.45, 7) is 2.60. The number of nitrogens with one attached hydrogen (secondary N) is 2. The monoisotopic (exact) mass is 326 g/mol. The predicted molar refractivity (Wildman–Crippen MR) is 78.3 cm³/mol. The molecule has 1 heterocycles. The molecule has 1 aromatic carbocycles. The lowest BCUT2D eigenvalue weighted by Gasteiger charge is -2.22. The van der Waals surface area contributed by atoms with Crippen molar-refractivity contribution in [2.75, 3.05) is 13.7 Å². The second-order valence-electron chi connectivity index (χ2n) is 4.73. The first kappa shape index (κ1) is 14.3. The summed E-state index contributed by atoms with van der Waals surface area (Å²) in [4.78, 5) is 11.6. The summed E-state index contributed by atoms with van der Waals surface area (Å²) in [5.74, 6) is 0.900. The van der Waals surface area contributed by atoms with Crippen LogP contribution in [0.15, 0.2) is 22.7 Å². The fourth-order valence-electron chi connectivity index (χ4n) is 2.31. The summed E-state index contributed by atoms with van der Waals surface area (Å²) in [5.41, 5.74) is 1.12. The van der Waals surface area contributed by atoms with Gasteiger partial charge in [-0.1, -0.05) is 22.0 Å². The van der Waals surface area contributed by atoms with E-state index in [9.17, 15) is 4.79 Å². The van der Waals surface area contributed by atoms with Gasteiger partial charge in [-0.2, -0.15) is 0 Å². The summed E-state index contributed by atoms with van der Waals surface area (Å²) >= 11 is 3.46. The molecule has 5 heteroatoms. The molecule has 0 spiro atoms. The zero-order chi connectivity index (χ0) is 13.8. The number of rotatable bonds is 3. The molecular weight excluding hydrogens is 308 g/mol.